The van der Waals surface area contributed by atoms with E-state index in [-0.39, 0.29) is 5.41 Å². The zero-order valence-electron chi connectivity index (χ0n) is 23.5. The number of fused-ring (bicyclic) bond motifs is 3. The van der Waals surface area contributed by atoms with Crippen LogP contribution in [0.15, 0.2) is 97.1 Å². The van der Waals surface area contributed by atoms with Crippen LogP contribution >= 0.6 is 0 Å². The Kier molecular flexibility index (Phi) is 6.74. The number of nitrogens with zero attached hydrogens (tertiary/aromatic N) is 1. The first-order valence-electron chi connectivity index (χ1n) is 14.5. The highest BCUT2D eigenvalue weighted by Crippen LogP contribution is 2.49. The Morgan fingerprint density at radius 1 is 0.605 bits per heavy atom. The van der Waals surface area contributed by atoms with Gasteiger partial charge in [-0.3, -0.25) is 0 Å². The van der Waals surface area contributed by atoms with E-state index in [0.29, 0.717) is 17.8 Å². The number of hydrogen-bond acceptors (Lipinski definition) is 1. The molecule has 0 aromatic heterocycles. The summed E-state index contributed by atoms with van der Waals surface area (Å²) in [6.07, 6.45) is 2.58. The Balaban J connectivity index is 1.33. The minimum Gasteiger partial charge on any atom is -0.302 e. The summed E-state index contributed by atoms with van der Waals surface area (Å²) >= 11 is 0. The highest BCUT2D eigenvalue weighted by Gasteiger charge is 2.48. The SMILES string of the molecule is Cc1ccc(-c2ccc(C3(c4ccc(-c5ccc(C(C)C(C)C)cc5)cc4)CN4CCC3CC4)cc2)cc1. The van der Waals surface area contributed by atoms with Crippen molar-refractivity contribution in [3.8, 4) is 22.3 Å². The van der Waals surface area contributed by atoms with Gasteiger partial charge in [-0.2, -0.15) is 0 Å². The van der Waals surface area contributed by atoms with Gasteiger partial charge in [-0.25, -0.2) is 0 Å². The molecule has 2 bridgehead atoms. The smallest absolute Gasteiger partial charge is 0.0358 e. The van der Waals surface area contributed by atoms with Gasteiger partial charge in [-0.15, -0.1) is 0 Å². The van der Waals surface area contributed by atoms with E-state index in [9.17, 15) is 0 Å². The van der Waals surface area contributed by atoms with Crippen molar-refractivity contribution in [3.63, 3.8) is 0 Å². The Bertz CT molecular complexity index is 1360. The van der Waals surface area contributed by atoms with Gasteiger partial charge < -0.3 is 4.90 Å². The van der Waals surface area contributed by atoms with E-state index in [2.05, 4.69) is 130 Å². The summed E-state index contributed by atoms with van der Waals surface area (Å²) in [6.45, 7) is 12.7. The minimum absolute atomic E-state index is 0.0669. The predicted octanol–water partition coefficient (Wildman–Crippen LogP) is 9.10. The van der Waals surface area contributed by atoms with Gasteiger partial charge in [0.2, 0.25) is 0 Å². The van der Waals surface area contributed by atoms with E-state index < -0.39 is 0 Å². The molecule has 7 rings (SSSR count). The average molecular weight is 500 g/mol. The third-order valence-corrected chi connectivity index (χ3v) is 9.71. The van der Waals surface area contributed by atoms with Crippen LogP contribution in [-0.2, 0) is 5.41 Å². The summed E-state index contributed by atoms with van der Waals surface area (Å²) in [4.78, 5) is 2.69. The number of benzene rings is 4. The maximum Gasteiger partial charge on any atom is 0.0358 e. The fourth-order valence-corrected chi connectivity index (χ4v) is 6.92. The number of rotatable bonds is 6. The zero-order valence-corrected chi connectivity index (χ0v) is 23.5. The van der Waals surface area contributed by atoms with Gasteiger partial charge in [0.25, 0.3) is 0 Å². The minimum atomic E-state index is 0.0669. The van der Waals surface area contributed by atoms with Crippen LogP contribution in [0.2, 0.25) is 0 Å². The van der Waals surface area contributed by atoms with E-state index in [1.165, 1.54) is 70.4 Å². The molecule has 0 amide bonds. The predicted molar refractivity (Wildman–Crippen MR) is 162 cm³/mol. The van der Waals surface area contributed by atoms with Crippen molar-refractivity contribution in [2.75, 3.05) is 19.6 Å². The molecule has 1 nitrogen and oxygen atoms in total. The van der Waals surface area contributed by atoms with Crippen molar-refractivity contribution >= 4 is 0 Å². The van der Waals surface area contributed by atoms with Gasteiger partial charge in [-0.05, 0) is 89.6 Å². The van der Waals surface area contributed by atoms with Crippen LogP contribution in [0.4, 0.5) is 0 Å². The summed E-state index contributed by atoms with van der Waals surface area (Å²) in [7, 11) is 0. The molecule has 2 atom stereocenters. The van der Waals surface area contributed by atoms with Gasteiger partial charge in [0.05, 0.1) is 0 Å². The molecule has 4 aromatic rings. The molecule has 0 aliphatic carbocycles. The molecule has 0 saturated carbocycles. The maximum absolute atomic E-state index is 2.69. The van der Waals surface area contributed by atoms with Gasteiger partial charge in [0.1, 0.15) is 0 Å². The Morgan fingerprint density at radius 2 is 1.03 bits per heavy atom. The first kappa shape index (κ1) is 25.1. The van der Waals surface area contributed by atoms with Gasteiger partial charge in [-0.1, -0.05) is 123 Å². The molecule has 3 heterocycles. The first-order valence-corrected chi connectivity index (χ1v) is 14.5. The molecule has 0 radical (unpaired) electrons. The van der Waals surface area contributed by atoms with E-state index in [0.717, 1.165) is 6.54 Å². The molecule has 3 fully saturated rings. The summed E-state index contributed by atoms with van der Waals surface area (Å²) in [6, 6.07) is 37.2. The third kappa shape index (κ3) is 4.52. The number of piperidine rings is 3. The number of aryl methyl sites for hydroxylation is 1. The summed E-state index contributed by atoms with van der Waals surface area (Å²) in [5, 5.41) is 0. The lowest BCUT2D eigenvalue weighted by molar-refractivity contribution is 0.0451. The highest BCUT2D eigenvalue weighted by atomic mass is 15.2. The molecule has 194 valence electrons. The molecular weight excluding hydrogens is 458 g/mol. The lowest BCUT2D eigenvalue weighted by Crippen LogP contribution is -2.57. The lowest BCUT2D eigenvalue weighted by atomic mass is 9.59. The van der Waals surface area contributed by atoms with Gasteiger partial charge in [0, 0.05) is 12.0 Å². The maximum atomic E-state index is 2.69. The Morgan fingerprint density at radius 3 is 1.42 bits per heavy atom. The van der Waals surface area contributed by atoms with E-state index in [1.54, 1.807) is 0 Å². The fraction of sp³-hybridized carbons (Fsp3) is 0.351. The average Bonchev–Trinajstić information content (AvgIpc) is 2.98. The van der Waals surface area contributed by atoms with Crippen molar-refractivity contribution in [1.29, 1.82) is 0 Å². The van der Waals surface area contributed by atoms with Crippen LogP contribution in [0.1, 0.15) is 61.8 Å². The molecule has 3 aliphatic rings. The van der Waals surface area contributed by atoms with Crippen LogP contribution in [0.3, 0.4) is 0 Å². The summed E-state index contributed by atoms with van der Waals surface area (Å²) < 4.78 is 0. The third-order valence-electron chi connectivity index (χ3n) is 9.71. The second-order valence-electron chi connectivity index (χ2n) is 12.2. The van der Waals surface area contributed by atoms with Crippen molar-refractivity contribution in [3.05, 3.63) is 119 Å². The quantitative estimate of drug-likeness (QED) is 0.256. The molecule has 4 aromatic carbocycles. The fourth-order valence-electron chi connectivity index (χ4n) is 6.92. The van der Waals surface area contributed by atoms with Crippen molar-refractivity contribution in [1.82, 2.24) is 4.90 Å². The highest BCUT2D eigenvalue weighted by molar-refractivity contribution is 5.66. The van der Waals surface area contributed by atoms with Crippen LogP contribution in [0, 0.1) is 18.8 Å². The van der Waals surface area contributed by atoms with E-state index >= 15 is 0 Å². The lowest BCUT2D eigenvalue weighted by Gasteiger charge is -2.54. The standard InChI is InChI=1S/C37H41N/c1-26(2)28(4)29-9-11-31(12-10-29)33-15-19-35(20-16-33)37(25-38-23-21-36(37)22-24-38)34-17-13-32(14-18-34)30-7-5-27(3)6-8-30/h5-20,26,28,36H,21-25H2,1-4H3. The number of hydrogen-bond donors (Lipinski definition) is 0. The van der Waals surface area contributed by atoms with Crippen LogP contribution in [-0.4, -0.2) is 24.5 Å². The normalized spacial score (nSPS) is 23.5. The second kappa shape index (κ2) is 10.2. The van der Waals surface area contributed by atoms with Crippen LogP contribution in [0.5, 0.6) is 0 Å². The molecular formula is C37H41N. The monoisotopic (exact) mass is 499 g/mol. The van der Waals surface area contributed by atoms with E-state index in [4.69, 9.17) is 0 Å². The zero-order chi connectivity index (χ0) is 26.3. The largest absolute Gasteiger partial charge is 0.302 e. The van der Waals surface area contributed by atoms with Crippen molar-refractivity contribution in [2.45, 2.75) is 51.9 Å². The molecule has 3 aliphatic heterocycles. The molecule has 0 N–H and O–H groups in total. The molecule has 0 spiro atoms. The van der Waals surface area contributed by atoms with Crippen molar-refractivity contribution in [2.24, 2.45) is 11.8 Å². The van der Waals surface area contributed by atoms with Gasteiger partial charge >= 0.3 is 0 Å². The van der Waals surface area contributed by atoms with Crippen molar-refractivity contribution < 1.29 is 0 Å². The summed E-state index contributed by atoms with van der Waals surface area (Å²) in [5.41, 5.74) is 11.0. The first-order chi connectivity index (χ1) is 18.4. The molecule has 2 unspecified atom stereocenters. The molecule has 3 saturated heterocycles. The van der Waals surface area contributed by atoms with Crippen LogP contribution in [0.25, 0.3) is 22.3 Å². The molecule has 38 heavy (non-hydrogen) atoms. The van der Waals surface area contributed by atoms with Gasteiger partial charge in [0.15, 0.2) is 0 Å². The summed E-state index contributed by atoms with van der Waals surface area (Å²) in [5.74, 6) is 1.93. The Labute approximate surface area is 229 Å². The molecule has 1 heteroatoms. The topological polar surface area (TPSA) is 3.24 Å². The van der Waals surface area contributed by atoms with E-state index in [1.807, 2.05) is 0 Å². The second-order valence-corrected chi connectivity index (χ2v) is 12.2. The van der Waals surface area contributed by atoms with Crippen LogP contribution < -0.4 is 0 Å². The Hall–Kier alpha value is -3.16.